The molecule has 0 spiro atoms. The number of carboxylic acid groups (broad SMARTS) is 2. The van der Waals surface area contributed by atoms with Crippen LogP contribution in [0, 0.1) is 17.8 Å². The summed E-state index contributed by atoms with van der Waals surface area (Å²) in [6, 6.07) is -1.23. The zero-order valence-electron chi connectivity index (χ0n) is 26.6. The van der Waals surface area contributed by atoms with E-state index in [0.29, 0.717) is 39.2 Å². The van der Waals surface area contributed by atoms with Crippen molar-refractivity contribution >= 4 is 35.3 Å². The summed E-state index contributed by atoms with van der Waals surface area (Å²) in [5.41, 5.74) is 0. The molecule has 0 aromatic heterocycles. The minimum Gasteiger partial charge on any atom is -0.481 e. The molecule has 0 aliphatic heterocycles. The second kappa shape index (κ2) is 25.4. The van der Waals surface area contributed by atoms with Gasteiger partial charge < -0.3 is 39.8 Å². The van der Waals surface area contributed by atoms with Crippen LogP contribution in [0.2, 0.25) is 0 Å². The highest BCUT2D eigenvalue weighted by molar-refractivity contribution is 5.85. The number of carbonyl (C=O) groups excluding carboxylic acids is 4. The first kappa shape index (κ1) is 41.1. The van der Waals surface area contributed by atoms with Crippen LogP contribution in [-0.2, 0) is 47.7 Å². The fourth-order valence-electron chi connectivity index (χ4n) is 3.80. The molecule has 0 aliphatic carbocycles. The lowest BCUT2D eigenvalue weighted by Gasteiger charge is -2.17. The SMILES string of the molecule is CC(C)C[C@@H](CCC(=O)N[C@@H](CCC(=O)CCCOCCOCC(=O)NCCOCCOCC(=O)C(C)C)C(=O)O)C(=O)O. The third-order valence-electron chi connectivity index (χ3n) is 6.35. The zero-order chi connectivity index (χ0) is 33.3. The molecule has 0 rings (SSSR count). The molecule has 14 heteroatoms. The van der Waals surface area contributed by atoms with E-state index in [1.165, 1.54) is 0 Å². The van der Waals surface area contributed by atoms with Crippen molar-refractivity contribution < 1.29 is 57.9 Å². The van der Waals surface area contributed by atoms with Crippen LogP contribution in [-0.4, -0.2) is 111 Å². The minimum atomic E-state index is -1.26. The number of hydrogen-bond donors (Lipinski definition) is 4. The molecule has 4 N–H and O–H groups in total. The van der Waals surface area contributed by atoms with Gasteiger partial charge in [0.05, 0.1) is 39.0 Å². The van der Waals surface area contributed by atoms with E-state index in [0.717, 1.165) is 0 Å². The van der Waals surface area contributed by atoms with E-state index in [1.807, 2.05) is 27.7 Å². The Hall–Kier alpha value is -2.94. The summed E-state index contributed by atoms with van der Waals surface area (Å²) < 4.78 is 21.1. The van der Waals surface area contributed by atoms with Crippen molar-refractivity contribution in [3.63, 3.8) is 0 Å². The third kappa shape index (κ3) is 23.5. The van der Waals surface area contributed by atoms with Crippen LogP contribution in [0.1, 0.15) is 72.6 Å². The standard InChI is InChI=1S/C30H52N2O12/c1-21(2)18-23(29(37)38)7-10-27(35)32-25(30(39)40)9-8-24(33)6-5-12-41-14-17-44-20-28(36)31-11-13-42-15-16-43-19-26(34)22(3)4/h21-23,25H,5-20H2,1-4H3,(H,31,36)(H,32,35)(H,37,38)(H,39,40)/t23-,25+/m1/s1. The monoisotopic (exact) mass is 632 g/mol. The fourth-order valence-corrected chi connectivity index (χ4v) is 3.80. The Morgan fingerprint density at radius 3 is 1.86 bits per heavy atom. The summed E-state index contributed by atoms with van der Waals surface area (Å²) in [7, 11) is 0. The molecule has 0 unspecified atom stereocenters. The quantitative estimate of drug-likeness (QED) is 0.0869. The number of Topliss-reactive ketones (excluding diaryl/α,β-unsaturated/α-hetero) is 2. The predicted molar refractivity (Wildman–Crippen MR) is 159 cm³/mol. The molecule has 2 amide bonds. The second-order valence-electron chi connectivity index (χ2n) is 11.1. The van der Waals surface area contributed by atoms with Crippen molar-refractivity contribution in [3.8, 4) is 0 Å². The van der Waals surface area contributed by atoms with Crippen molar-refractivity contribution in [1.82, 2.24) is 10.6 Å². The Labute approximate surface area is 259 Å². The van der Waals surface area contributed by atoms with Crippen LogP contribution in [0.15, 0.2) is 0 Å². The smallest absolute Gasteiger partial charge is 0.326 e. The molecule has 0 bridgehead atoms. The predicted octanol–water partition coefficient (Wildman–Crippen LogP) is 1.62. The van der Waals surface area contributed by atoms with Gasteiger partial charge in [-0.15, -0.1) is 0 Å². The van der Waals surface area contributed by atoms with Crippen LogP contribution in [0.25, 0.3) is 0 Å². The van der Waals surface area contributed by atoms with E-state index in [9.17, 15) is 39.0 Å². The number of ketones is 2. The van der Waals surface area contributed by atoms with Crippen LogP contribution < -0.4 is 10.6 Å². The highest BCUT2D eigenvalue weighted by Gasteiger charge is 2.24. The topological polar surface area (TPSA) is 204 Å². The van der Waals surface area contributed by atoms with Gasteiger partial charge in [-0.2, -0.15) is 0 Å². The van der Waals surface area contributed by atoms with Gasteiger partial charge in [-0.3, -0.25) is 24.0 Å². The Kier molecular flexibility index (Phi) is 23.7. The normalized spacial score (nSPS) is 12.6. The van der Waals surface area contributed by atoms with Gasteiger partial charge in [0, 0.05) is 38.3 Å². The van der Waals surface area contributed by atoms with E-state index in [4.69, 9.17) is 18.9 Å². The number of nitrogens with one attached hydrogen (secondary N) is 2. The lowest BCUT2D eigenvalue weighted by molar-refractivity contribution is -0.144. The minimum absolute atomic E-state index is 0.0291. The molecule has 254 valence electrons. The van der Waals surface area contributed by atoms with Crippen molar-refractivity contribution in [3.05, 3.63) is 0 Å². The fraction of sp³-hybridized carbons (Fsp3) is 0.800. The first-order valence-corrected chi connectivity index (χ1v) is 15.2. The molecule has 0 radical (unpaired) electrons. The van der Waals surface area contributed by atoms with E-state index in [-0.39, 0.29) is 94.4 Å². The summed E-state index contributed by atoms with van der Waals surface area (Å²) in [6.45, 7) is 9.25. The molecule has 0 aromatic rings. The van der Waals surface area contributed by atoms with E-state index in [2.05, 4.69) is 10.6 Å². The molecular weight excluding hydrogens is 580 g/mol. The van der Waals surface area contributed by atoms with Crippen molar-refractivity contribution in [1.29, 1.82) is 0 Å². The number of ether oxygens (including phenoxy) is 4. The molecule has 44 heavy (non-hydrogen) atoms. The van der Waals surface area contributed by atoms with Gasteiger partial charge in [-0.1, -0.05) is 27.7 Å². The molecular formula is C30H52N2O12. The van der Waals surface area contributed by atoms with Crippen LogP contribution in [0.4, 0.5) is 0 Å². The molecule has 14 nitrogen and oxygen atoms in total. The molecule has 0 aliphatic rings. The average Bonchev–Trinajstić information content (AvgIpc) is 2.95. The number of rotatable bonds is 29. The van der Waals surface area contributed by atoms with Gasteiger partial charge in [-0.25, -0.2) is 4.79 Å². The molecule has 2 atom stereocenters. The Bertz CT molecular complexity index is 878. The summed E-state index contributed by atoms with van der Waals surface area (Å²) in [5.74, 6) is -3.83. The molecule has 0 saturated carbocycles. The number of carboxylic acids is 2. The largest absolute Gasteiger partial charge is 0.481 e. The molecule has 0 aromatic carbocycles. The van der Waals surface area contributed by atoms with Crippen molar-refractivity contribution in [2.45, 2.75) is 78.7 Å². The molecule has 0 fully saturated rings. The number of amides is 2. The lowest BCUT2D eigenvalue weighted by Crippen LogP contribution is -2.41. The van der Waals surface area contributed by atoms with Crippen LogP contribution in [0.5, 0.6) is 0 Å². The maximum atomic E-state index is 12.2. The van der Waals surface area contributed by atoms with Gasteiger partial charge in [-0.05, 0) is 31.6 Å². The Morgan fingerprint density at radius 2 is 1.27 bits per heavy atom. The second-order valence-corrected chi connectivity index (χ2v) is 11.1. The Morgan fingerprint density at radius 1 is 0.659 bits per heavy atom. The summed E-state index contributed by atoms with van der Waals surface area (Å²) in [6.07, 6.45) is 0.943. The third-order valence-corrected chi connectivity index (χ3v) is 6.35. The van der Waals surface area contributed by atoms with Gasteiger partial charge in [0.2, 0.25) is 11.8 Å². The van der Waals surface area contributed by atoms with Gasteiger partial charge in [0.25, 0.3) is 0 Å². The lowest BCUT2D eigenvalue weighted by atomic mass is 9.93. The highest BCUT2D eigenvalue weighted by Crippen LogP contribution is 2.17. The average molecular weight is 633 g/mol. The number of aliphatic carboxylic acids is 2. The maximum absolute atomic E-state index is 12.2. The summed E-state index contributed by atoms with van der Waals surface area (Å²) >= 11 is 0. The Balaban J connectivity index is 3.86. The molecule has 0 heterocycles. The zero-order valence-corrected chi connectivity index (χ0v) is 26.6. The van der Waals surface area contributed by atoms with E-state index < -0.39 is 29.8 Å². The summed E-state index contributed by atoms with van der Waals surface area (Å²) in [5, 5.41) is 23.7. The first-order valence-electron chi connectivity index (χ1n) is 15.2. The van der Waals surface area contributed by atoms with E-state index in [1.54, 1.807) is 0 Å². The maximum Gasteiger partial charge on any atom is 0.326 e. The van der Waals surface area contributed by atoms with Crippen molar-refractivity contribution in [2.75, 3.05) is 59.4 Å². The number of carbonyl (C=O) groups is 6. The molecule has 0 saturated heterocycles. The van der Waals surface area contributed by atoms with Crippen LogP contribution in [0.3, 0.4) is 0 Å². The van der Waals surface area contributed by atoms with E-state index >= 15 is 0 Å². The number of hydrogen-bond acceptors (Lipinski definition) is 10. The van der Waals surface area contributed by atoms with Crippen molar-refractivity contribution in [2.24, 2.45) is 17.8 Å². The van der Waals surface area contributed by atoms with Crippen LogP contribution >= 0.6 is 0 Å². The van der Waals surface area contributed by atoms with Gasteiger partial charge >= 0.3 is 11.9 Å². The summed E-state index contributed by atoms with van der Waals surface area (Å²) in [4.78, 5) is 70.3. The van der Waals surface area contributed by atoms with Gasteiger partial charge in [0.15, 0.2) is 5.78 Å². The van der Waals surface area contributed by atoms with Gasteiger partial charge in [0.1, 0.15) is 25.0 Å². The first-order chi connectivity index (χ1) is 20.8. The highest BCUT2D eigenvalue weighted by atomic mass is 16.5.